The van der Waals surface area contributed by atoms with E-state index in [0.29, 0.717) is 6.42 Å². The summed E-state index contributed by atoms with van der Waals surface area (Å²) in [5, 5.41) is 2.26. The summed E-state index contributed by atoms with van der Waals surface area (Å²) in [5.74, 6) is -2.24. The zero-order valence-corrected chi connectivity index (χ0v) is 15.7. The summed E-state index contributed by atoms with van der Waals surface area (Å²) in [5.41, 5.74) is 0.896. The largest absolute Gasteiger partial charge is 0.463 e. The predicted octanol–water partition coefficient (Wildman–Crippen LogP) is 1.68. The monoisotopic (exact) mass is 379 g/mol. The molecule has 0 fully saturated rings. The predicted molar refractivity (Wildman–Crippen MR) is 95.4 cm³/mol. The van der Waals surface area contributed by atoms with Gasteiger partial charge in [0.2, 0.25) is 5.91 Å². The van der Waals surface area contributed by atoms with Crippen molar-refractivity contribution in [3.05, 3.63) is 35.9 Å². The third-order valence-electron chi connectivity index (χ3n) is 3.47. The number of benzene rings is 1. The van der Waals surface area contributed by atoms with Gasteiger partial charge in [0.15, 0.2) is 6.10 Å². The third-order valence-corrected chi connectivity index (χ3v) is 3.47. The number of rotatable bonds is 10. The number of esters is 3. The highest BCUT2D eigenvalue weighted by atomic mass is 16.6. The van der Waals surface area contributed by atoms with Gasteiger partial charge < -0.3 is 19.5 Å². The van der Waals surface area contributed by atoms with Crippen LogP contribution in [-0.2, 0) is 33.4 Å². The third kappa shape index (κ3) is 9.39. The van der Waals surface area contributed by atoms with E-state index < -0.39 is 24.0 Å². The Kier molecular flexibility index (Phi) is 9.57. The first-order valence-electron chi connectivity index (χ1n) is 8.64. The van der Waals surface area contributed by atoms with E-state index in [1.54, 1.807) is 6.92 Å². The molecule has 0 saturated heterocycles. The first kappa shape index (κ1) is 22.1. The SMILES string of the molecule is CC(=O)NCC(=O)OC(C)C(=O)OCCCC(=O)O[C@H](C)c1ccccc1. The van der Waals surface area contributed by atoms with Gasteiger partial charge in [0.05, 0.1) is 6.61 Å². The zero-order valence-electron chi connectivity index (χ0n) is 15.7. The quantitative estimate of drug-likeness (QED) is 0.374. The standard InChI is InChI=1S/C19H25NO7/c1-13(16-8-5-4-6-9-16)26-17(22)10-7-11-25-19(24)14(2)27-18(23)12-20-15(3)21/h4-6,8-9,13-14H,7,10-12H2,1-3H3,(H,20,21)/t13-,14?/m1/s1. The molecular formula is C19H25NO7. The van der Waals surface area contributed by atoms with E-state index in [0.717, 1.165) is 5.56 Å². The first-order chi connectivity index (χ1) is 12.8. The molecule has 0 spiro atoms. The normalized spacial score (nSPS) is 12.4. The van der Waals surface area contributed by atoms with Crippen molar-refractivity contribution >= 4 is 23.8 Å². The minimum absolute atomic E-state index is 0.00123. The van der Waals surface area contributed by atoms with Gasteiger partial charge in [0.1, 0.15) is 12.6 Å². The van der Waals surface area contributed by atoms with Crippen LogP contribution in [0.5, 0.6) is 0 Å². The molecular weight excluding hydrogens is 354 g/mol. The number of nitrogens with one attached hydrogen (secondary N) is 1. The second kappa shape index (κ2) is 11.7. The Morgan fingerprint density at radius 1 is 1.00 bits per heavy atom. The molecule has 0 saturated carbocycles. The molecule has 148 valence electrons. The van der Waals surface area contributed by atoms with Gasteiger partial charge in [-0.15, -0.1) is 0 Å². The van der Waals surface area contributed by atoms with Crippen molar-refractivity contribution in [2.75, 3.05) is 13.2 Å². The van der Waals surface area contributed by atoms with Gasteiger partial charge in [0, 0.05) is 13.3 Å². The summed E-state index contributed by atoms with van der Waals surface area (Å²) >= 11 is 0. The zero-order chi connectivity index (χ0) is 20.2. The molecule has 1 N–H and O–H groups in total. The molecule has 8 heteroatoms. The van der Waals surface area contributed by atoms with Gasteiger partial charge in [-0.3, -0.25) is 14.4 Å². The van der Waals surface area contributed by atoms with Gasteiger partial charge in [-0.05, 0) is 25.8 Å². The van der Waals surface area contributed by atoms with Gasteiger partial charge in [-0.2, -0.15) is 0 Å². The van der Waals surface area contributed by atoms with E-state index in [4.69, 9.17) is 14.2 Å². The number of hydrogen-bond acceptors (Lipinski definition) is 7. The Balaban J connectivity index is 2.20. The Morgan fingerprint density at radius 3 is 2.30 bits per heavy atom. The molecule has 1 rings (SSSR count). The fraction of sp³-hybridized carbons (Fsp3) is 0.474. The van der Waals surface area contributed by atoms with Crippen molar-refractivity contribution in [1.29, 1.82) is 0 Å². The van der Waals surface area contributed by atoms with Crippen LogP contribution in [0, 0.1) is 0 Å². The minimum atomic E-state index is -1.10. The molecule has 1 unspecified atom stereocenters. The lowest BCUT2D eigenvalue weighted by Crippen LogP contribution is -2.33. The average Bonchev–Trinajstić information content (AvgIpc) is 2.64. The molecule has 0 aliphatic carbocycles. The summed E-state index contributed by atoms with van der Waals surface area (Å²) in [6.07, 6.45) is -1.07. The Morgan fingerprint density at radius 2 is 1.67 bits per heavy atom. The van der Waals surface area contributed by atoms with Crippen LogP contribution in [0.4, 0.5) is 0 Å². The van der Waals surface area contributed by atoms with Gasteiger partial charge in [-0.25, -0.2) is 4.79 Å². The summed E-state index contributed by atoms with van der Waals surface area (Å²) in [6, 6.07) is 9.35. The molecule has 1 aromatic rings. The fourth-order valence-corrected chi connectivity index (χ4v) is 2.04. The molecule has 0 heterocycles. The molecule has 2 atom stereocenters. The summed E-state index contributed by atoms with van der Waals surface area (Å²) in [7, 11) is 0. The maximum atomic E-state index is 11.8. The minimum Gasteiger partial charge on any atom is -0.463 e. The Labute approximate surface area is 158 Å². The lowest BCUT2D eigenvalue weighted by molar-refractivity contribution is -0.166. The van der Waals surface area contributed by atoms with Crippen LogP contribution in [-0.4, -0.2) is 43.1 Å². The maximum Gasteiger partial charge on any atom is 0.347 e. The highest BCUT2D eigenvalue weighted by molar-refractivity contribution is 5.83. The fourth-order valence-electron chi connectivity index (χ4n) is 2.04. The second-order valence-corrected chi connectivity index (χ2v) is 5.86. The molecule has 0 aliphatic rings. The van der Waals surface area contributed by atoms with E-state index in [1.807, 2.05) is 30.3 Å². The van der Waals surface area contributed by atoms with Crippen LogP contribution in [0.15, 0.2) is 30.3 Å². The van der Waals surface area contributed by atoms with Crippen molar-refractivity contribution in [2.24, 2.45) is 0 Å². The van der Waals surface area contributed by atoms with Crippen LogP contribution < -0.4 is 5.32 Å². The smallest absolute Gasteiger partial charge is 0.347 e. The number of hydrogen-bond donors (Lipinski definition) is 1. The summed E-state index contributed by atoms with van der Waals surface area (Å²) < 4.78 is 15.1. The highest BCUT2D eigenvalue weighted by Crippen LogP contribution is 2.16. The number of carbonyl (C=O) groups is 4. The second-order valence-electron chi connectivity index (χ2n) is 5.86. The van der Waals surface area contributed by atoms with Crippen LogP contribution in [0.3, 0.4) is 0 Å². The maximum absolute atomic E-state index is 11.8. The number of ether oxygens (including phenoxy) is 3. The average molecular weight is 379 g/mol. The molecule has 0 aliphatic heterocycles. The topological polar surface area (TPSA) is 108 Å². The molecule has 0 bridgehead atoms. The molecule has 0 aromatic heterocycles. The molecule has 27 heavy (non-hydrogen) atoms. The van der Waals surface area contributed by atoms with Crippen molar-refractivity contribution in [2.45, 2.75) is 45.8 Å². The van der Waals surface area contributed by atoms with E-state index in [1.165, 1.54) is 13.8 Å². The van der Waals surface area contributed by atoms with E-state index in [-0.39, 0.29) is 31.6 Å². The van der Waals surface area contributed by atoms with Crippen LogP contribution in [0.2, 0.25) is 0 Å². The van der Waals surface area contributed by atoms with Crippen molar-refractivity contribution in [3.63, 3.8) is 0 Å². The Hall–Kier alpha value is -2.90. The number of carbonyl (C=O) groups excluding carboxylic acids is 4. The van der Waals surface area contributed by atoms with Crippen molar-refractivity contribution in [3.8, 4) is 0 Å². The van der Waals surface area contributed by atoms with E-state index in [9.17, 15) is 19.2 Å². The lowest BCUT2D eigenvalue weighted by atomic mass is 10.1. The van der Waals surface area contributed by atoms with E-state index in [2.05, 4.69) is 5.32 Å². The number of amides is 1. The van der Waals surface area contributed by atoms with Gasteiger partial charge in [0.25, 0.3) is 0 Å². The molecule has 0 radical (unpaired) electrons. The van der Waals surface area contributed by atoms with Crippen LogP contribution in [0.25, 0.3) is 0 Å². The Bertz CT molecular complexity index is 645. The van der Waals surface area contributed by atoms with Crippen LogP contribution >= 0.6 is 0 Å². The van der Waals surface area contributed by atoms with Gasteiger partial charge >= 0.3 is 17.9 Å². The lowest BCUT2D eigenvalue weighted by Gasteiger charge is -2.14. The first-order valence-corrected chi connectivity index (χ1v) is 8.64. The van der Waals surface area contributed by atoms with E-state index >= 15 is 0 Å². The van der Waals surface area contributed by atoms with Gasteiger partial charge in [-0.1, -0.05) is 30.3 Å². The van der Waals surface area contributed by atoms with Crippen molar-refractivity contribution < 1.29 is 33.4 Å². The summed E-state index contributed by atoms with van der Waals surface area (Å²) in [6.45, 7) is 4.09. The van der Waals surface area contributed by atoms with Crippen molar-refractivity contribution in [1.82, 2.24) is 5.32 Å². The molecule has 8 nitrogen and oxygen atoms in total. The summed E-state index contributed by atoms with van der Waals surface area (Å²) in [4.78, 5) is 45.6. The molecule has 1 amide bonds. The molecule has 1 aromatic carbocycles. The van der Waals surface area contributed by atoms with Crippen LogP contribution in [0.1, 0.15) is 45.3 Å². The highest BCUT2D eigenvalue weighted by Gasteiger charge is 2.19.